The summed E-state index contributed by atoms with van der Waals surface area (Å²) in [5.74, 6) is 1.43. The second-order valence-corrected chi connectivity index (χ2v) is 9.59. The summed E-state index contributed by atoms with van der Waals surface area (Å²) >= 11 is 0. The lowest BCUT2D eigenvalue weighted by atomic mass is 10.00. The van der Waals surface area contributed by atoms with Gasteiger partial charge in [0, 0.05) is 25.0 Å². The summed E-state index contributed by atoms with van der Waals surface area (Å²) in [4.78, 5) is 15.3. The van der Waals surface area contributed by atoms with Crippen molar-refractivity contribution < 1.29 is 28.5 Å². The number of amides is 1. The van der Waals surface area contributed by atoms with Gasteiger partial charge in [-0.2, -0.15) is 0 Å². The summed E-state index contributed by atoms with van der Waals surface area (Å²) in [5.41, 5.74) is 0.700. The van der Waals surface area contributed by atoms with Gasteiger partial charge in [0.25, 0.3) is 0 Å². The lowest BCUT2D eigenvalue weighted by molar-refractivity contribution is -0.123. The Morgan fingerprint density at radius 1 is 1.06 bits per heavy atom. The van der Waals surface area contributed by atoms with Crippen molar-refractivity contribution in [3.63, 3.8) is 0 Å². The molecule has 188 valence electrons. The molecule has 3 aliphatic heterocycles. The molecule has 5 rings (SSSR count). The quantitative estimate of drug-likeness (QED) is 0.502. The van der Waals surface area contributed by atoms with E-state index in [1.54, 1.807) is 12.1 Å². The number of rotatable bonds is 10. The fourth-order valence-corrected chi connectivity index (χ4v) is 5.48. The van der Waals surface area contributed by atoms with Gasteiger partial charge in [0.1, 0.15) is 30.9 Å². The van der Waals surface area contributed by atoms with E-state index in [-0.39, 0.29) is 18.1 Å². The first-order chi connectivity index (χ1) is 17.1. The highest BCUT2D eigenvalue weighted by Crippen LogP contribution is 2.39. The summed E-state index contributed by atoms with van der Waals surface area (Å²) in [6.45, 7) is 1.95. The van der Waals surface area contributed by atoms with E-state index in [1.165, 1.54) is 37.8 Å². The van der Waals surface area contributed by atoms with Crippen molar-refractivity contribution in [2.75, 3.05) is 26.4 Å². The number of carbonyl (C=O) groups is 1. The number of aliphatic hydroxyl groups excluding tert-OH is 1. The molecule has 2 N–H and O–H groups in total. The minimum Gasteiger partial charge on any atom is -0.494 e. The van der Waals surface area contributed by atoms with E-state index in [0.29, 0.717) is 67.7 Å². The van der Waals surface area contributed by atoms with E-state index in [0.717, 1.165) is 0 Å². The first kappa shape index (κ1) is 23.9. The third-order valence-electron chi connectivity index (χ3n) is 7.28. The number of carbonyl (C=O) groups excluding carboxylic acids is 1. The predicted octanol–water partition coefficient (Wildman–Crippen LogP) is 3.60. The number of aliphatic hydroxyl groups is 1. The molecule has 0 aliphatic carbocycles. The molecule has 0 unspecified atom stereocenters. The van der Waals surface area contributed by atoms with Crippen molar-refractivity contribution in [1.82, 2.24) is 10.2 Å². The van der Waals surface area contributed by atoms with Crippen LogP contribution in [0.15, 0.2) is 42.5 Å². The van der Waals surface area contributed by atoms with Crippen LogP contribution in [0.4, 0.5) is 4.39 Å². The first-order valence-corrected chi connectivity index (χ1v) is 12.6. The van der Waals surface area contributed by atoms with Gasteiger partial charge >= 0.3 is 0 Å². The van der Waals surface area contributed by atoms with Crippen LogP contribution in [0.1, 0.15) is 50.2 Å². The van der Waals surface area contributed by atoms with Gasteiger partial charge in [-0.15, -0.1) is 0 Å². The van der Waals surface area contributed by atoms with E-state index in [4.69, 9.17) is 14.2 Å². The Kier molecular flexibility index (Phi) is 7.39. The maximum absolute atomic E-state index is 13.0. The summed E-state index contributed by atoms with van der Waals surface area (Å²) in [6, 6.07) is 11.9. The Hall–Kier alpha value is -2.84. The van der Waals surface area contributed by atoms with Crippen molar-refractivity contribution in [2.45, 2.75) is 62.8 Å². The highest BCUT2D eigenvalue weighted by molar-refractivity contribution is 5.76. The van der Waals surface area contributed by atoms with Crippen LogP contribution in [0.3, 0.4) is 0 Å². The third-order valence-corrected chi connectivity index (χ3v) is 7.28. The molecule has 3 aliphatic rings. The average Bonchev–Trinajstić information content (AvgIpc) is 3.45. The lowest BCUT2D eigenvalue weighted by Crippen LogP contribution is -2.48. The van der Waals surface area contributed by atoms with E-state index in [2.05, 4.69) is 10.2 Å². The van der Waals surface area contributed by atoms with Gasteiger partial charge in [-0.3, -0.25) is 9.69 Å². The minimum atomic E-state index is -0.870. The number of fused-ring (bicyclic) bond motifs is 3. The van der Waals surface area contributed by atoms with E-state index in [9.17, 15) is 14.3 Å². The van der Waals surface area contributed by atoms with Crippen molar-refractivity contribution >= 4 is 5.91 Å². The molecule has 35 heavy (non-hydrogen) atoms. The zero-order valence-electron chi connectivity index (χ0n) is 19.8. The number of halogens is 1. The number of nitrogens with zero attached hydrogens (tertiary/aromatic N) is 1. The molecule has 1 amide bonds. The smallest absolute Gasteiger partial charge is 0.220 e. The molecule has 0 radical (unpaired) electrons. The van der Waals surface area contributed by atoms with E-state index >= 15 is 0 Å². The topological polar surface area (TPSA) is 80.3 Å². The number of benzene rings is 2. The Morgan fingerprint density at radius 2 is 1.74 bits per heavy atom. The summed E-state index contributed by atoms with van der Waals surface area (Å²) < 4.78 is 29.9. The van der Waals surface area contributed by atoms with E-state index < -0.39 is 12.1 Å². The van der Waals surface area contributed by atoms with Crippen LogP contribution in [0.25, 0.3) is 0 Å². The SMILES string of the molecule is O=C(CCCOc1ccc(F)cc1)N[C@@H](CN1C2CCC1CC2)[C@H](O)c1ccc2c(c1)OCCO2. The molecule has 2 atom stereocenters. The van der Waals surface area contributed by atoms with Gasteiger partial charge in [-0.05, 0) is 74.1 Å². The molecular formula is C27H33FN2O5. The first-order valence-electron chi connectivity index (χ1n) is 12.6. The predicted molar refractivity (Wildman–Crippen MR) is 128 cm³/mol. The van der Waals surface area contributed by atoms with E-state index in [1.807, 2.05) is 18.2 Å². The largest absolute Gasteiger partial charge is 0.494 e. The number of nitrogens with one attached hydrogen (secondary N) is 1. The van der Waals surface area contributed by atoms with Gasteiger partial charge in [0.15, 0.2) is 11.5 Å². The maximum atomic E-state index is 13.0. The van der Waals surface area contributed by atoms with Gasteiger partial charge in [-0.25, -0.2) is 4.39 Å². The fraction of sp³-hybridized carbons (Fsp3) is 0.519. The molecule has 7 nitrogen and oxygen atoms in total. The van der Waals surface area contributed by atoms with Gasteiger partial charge < -0.3 is 24.6 Å². The molecule has 2 fully saturated rings. The zero-order valence-corrected chi connectivity index (χ0v) is 19.8. The second-order valence-electron chi connectivity index (χ2n) is 9.59. The van der Waals surface area contributed by atoms with Gasteiger partial charge in [0.05, 0.1) is 12.6 Å². The van der Waals surface area contributed by atoms with Gasteiger partial charge in [0.2, 0.25) is 5.91 Å². The van der Waals surface area contributed by atoms with Crippen LogP contribution in [-0.2, 0) is 4.79 Å². The summed E-state index contributed by atoms with van der Waals surface area (Å²) in [6.07, 6.45) is 4.67. The molecule has 2 aromatic carbocycles. The number of hydrogen-bond acceptors (Lipinski definition) is 6. The number of ether oxygens (including phenoxy) is 3. The van der Waals surface area contributed by atoms with Crippen molar-refractivity contribution in [3.05, 3.63) is 53.8 Å². The van der Waals surface area contributed by atoms with Crippen LogP contribution >= 0.6 is 0 Å². The molecule has 2 aromatic rings. The third kappa shape index (κ3) is 5.70. The van der Waals surface area contributed by atoms with Crippen molar-refractivity contribution in [2.24, 2.45) is 0 Å². The van der Waals surface area contributed by atoms with Crippen molar-refractivity contribution in [3.8, 4) is 17.2 Å². The standard InChI is InChI=1S/C27H33FN2O5/c28-19-4-10-22(11-5-19)33-13-1-2-26(31)29-23(17-30-20-6-7-21(30)9-8-20)27(32)18-3-12-24-25(16-18)35-15-14-34-24/h3-5,10-12,16,20-21,23,27,32H,1-2,6-9,13-15,17H2,(H,29,31)/t20?,21?,23-,27+/m0/s1. The normalized spacial score (nSPS) is 22.6. The molecule has 0 saturated carbocycles. The highest BCUT2D eigenvalue weighted by Gasteiger charge is 2.41. The zero-order chi connectivity index (χ0) is 24.2. The lowest BCUT2D eigenvalue weighted by Gasteiger charge is -2.32. The van der Waals surface area contributed by atoms with Crippen LogP contribution < -0.4 is 19.5 Å². The number of hydrogen-bond donors (Lipinski definition) is 2. The Balaban J connectivity index is 1.21. The van der Waals surface area contributed by atoms with Crippen LogP contribution in [0.2, 0.25) is 0 Å². The van der Waals surface area contributed by atoms with Gasteiger partial charge in [-0.1, -0.05) is 6.07 Å². The molecule has 2 bridgehead atoms. The molecule has 3 heterocycles. The Morgan fingerprint density at radius 3 is 2.46 bits per heavy atom. The Labute approximate surface area is 205 Å². The minimum absolute atomic E-state index is 0.124. The fourth-order valence-electron chi connectivity index (χ4n) is 5.48. The molecule has 0 aromatic heterocycles. The summed E-state index contributed by atoms with van der Waals surface area (Å²) in [5, 5.41) is 14.4. The summed E-state index contributed by atoms with van der Waals surface area (Å²) in [7, 11) is 0. The van der Waals surface area contributed by atoms with Crippen LogP contribution in [0.5, 0.6) is 17.2 Å². The van der Waals surface area contributed by atoms with Crippen molar-refractivity contribution in [1.29, 1.82) is 0 Å². The highest BCUT2D eigenvalue weighted by atomic mass is 19.1. The average molecular weight is 485 g/mol. The molecular weight excluding hydrogens is 451 g/mol. The monoisotopic (exact) mass is 484 g/mol. The second kappa shape index (κ2) is 10.8. The molecule has 0 spiro atoms. The Bertz CT molecular complexity index is 997. The molecule has 8 heteroatoms. The maximum Gasteiger partial charge on any atom is 0.220 e. The molecule has 2 saturated heterocycles. The van der Waals surface area contributed by atoms with Crippen LogP contribution in [0, 0.1) is 5.82 Å². The van der Waals surface area contributed by atoms with Crippen LogP contribution in [-0.4, -0.2) is 60.4 Å².